The van der Waals surface area contributed by atoms with E-state index in [1.54, 1.807) is 17.5 Å². The first kappa shape index (κ1) is 19.7. The first-order valence-electron chi connectivity index (χ1n) is 11.9. The number of hydrogen-bond donors (Lipinski definition) is 0. The average Bonchev–Trinajstić information content (AvgIpc) is 3.47. The fourth-order valence-corrected chi connectivity index (χ4v) is 6.36. The molecule has 8 aromatic rings. The van der Waals surface area contributed by atoms with Crippen molar-refractivity contribution in [2.45, 2.75) is 0 Å². The van der Waals surface area contributed by atoms with Crippen molar-refractivity contribution < 1.29 is 0 Å². The van der Waals surface area contributed by atoms with Gasteiger partial charge in [-0.15, -0.1) is 11.3 Å². The van der Waals surface area contributed by atoms with Crippen LogP contribution in [0.3, 0.4) is 0 Å². The van der Waals surface area contributed by atoms with E-state index in [0.29, 0.717) is 5.82 Å². The van der Waals surface area contributed by atoms with Crippen LogP contribution >= 0.6 is 11.3 Å². The van der Waals surface area contributed by atoms with Crippen molar-refractivity contribution in [3.8, 4) is 17.2 Å². The molecule has 4 aromatic carbocycles. The maximum Gasteiger partial charge on any atom is 0.163 e. The molecule has 0 spiro atoms. The van der Waals surface area contributed by atoms with Crippen LogP contribution in [0.25, 0.3) is 70.1 Å². The second kappa shape index (κ2) is 7.44. The van der Waals surface area contributed by atoms with E-state index in [4.69, 9.17) is 9.97 Å². The van der Waals surface area contributed by atoms with Crippen molar-refractivity contribution >= 4 is 64.2 Å². The lowest BCUT2D eigenvalue weighted by Gasteiger charge is -2.11. The molecule has 0 fully saturated rings. The van der Waals surface area contributed by atoms with Gasteiger partial charge in [0, 0.05) is 38.8 Å². The van der Waals surface area contributed by atoms with E-state index in [-0.39, 0.29) is 0 Å². The second-order valence-corrected chi connectivity index (χ2v) is 10.0. The van der Waals surface area contributed by atoms with Gasteiger partial charge in [0.05, 0.1) is 21.3 Å². The minimum atomic E-state index is 0.681. The SMILES string of the molecule is c1cncc(-c2nc(-n3c4ccccc4c4cc5ccccc5cc43)c3sc4ccccc4c3n2)c1. The summed E-state index contributed by atoms with van der Waals surface area (Å²) >= 11 is 1.75. The fourth-order valence-electron chi connectivity index (χ4n) is 5.24. The van der Waals surface area contributed by atoms with E-state index < -0.39 is 0 Å². The van der Waals surface area contributed by atoms with Crippen molar-refractivity contribution in [1.29, 1.82) is 0 Å². The van der Waals surface area contributed by atoms with Crippen molar-refractivity contribution in [2.24, 2.45) is 0 Å². The van der Waals surface area contributed by atoms with Gasteiger partial charge in [-0.3, -0.25) is 9.55 Å². The highest BCUT2D eigenvalue weighted by Gasteiger charge is 2.20. The van der Waals surface area contributed by atoms with Crippen molar-refractivity contribution in [2.75, 3.05) is 0 Å². The number of aromatic nitrogens is 4. The second-order valence-electron chi connectivity index (χ2n) is 8.96. The Kier molecular flexibility index (Phi) is 4.07. The molecule has 4 aromatic heterocycles. The molecule has 0 unspecified atom stereocenters. The summed E-state index contributed by atoms with van der Waals surface area (Å²) in [5.74, 6) is 1.59. The van der Waals surface area contributed by atoms with Crippen LogP contribution in [-0.2, 0) is 0 Å². The van der Waals surface area contributed by atoms with Crippen LogP contribution < -0.4 is 0 Å². The predicted molar refractivity (Wildman–Crippen MR) is 150 cm³/mol. The summed E-state index contributed by atoms with van der Waals surface area (Å²) in [5.41, 5.74) is 4.16. The molecule has 36 heavy (non-hydrogen) atoms. The third-order valence-electron chi connectivity index (χ3n) is 6.87. The van der Waals surface area contributed by atoms with Gasteiger partial charge in [0.2, 0.25) is 0 Å². The van der Waals surface area contributed by atoms with Gasteiger partial charge in [0.15, 0.2) is 11.6 Å². The standard InChI is InChI=1S/C31H18N4S/c1-2-9-20-17-26-24(16-19(20)8-1)22-11-3-5-13-25(22)35(26)31-29-28(23-12-4-6-14-27(23)36-29)33-30(34-31)21-10-7-15-32-18-21/h1-18H. The Morgan fingerprint density at radius 2 is 1.42 bits per heavy atom. The number of pyridine rings is 1. The largest absolute Gasteiger partial charge is 0.292 e. The molecule has 0 aliphatic carbocycles. The van der Waals surface area contributed by atoms with E-state index in [1.807, 2.05) is 18.3 Å². The lowest BCUT2D eigenvalue weighted by molar-refractivity contribution is 1.08. The van der Waals surface area contributed by atoms with Gasteiger partial charge in [-0.25, -0.2) is 9.97 Å². The van der Waals surface area contributed by atoms with Crippen LogP contribution in [0.4, 0.5) is 0 Å². The Morgan fingerprint density at radius 3 is 2.28 bits per heavy atom. The van der Waals surface area contributed by atoms with Gasteiger partial charge in [-0.05, 0) is 47.2 Å². The van der Waals surface area contributed by atoms with Crippen LogP contribution in [0.1, 0.15) is 0 Å². The number of thiophene rings is 1. The zero-order valence-electron chi connectivity index (χ0n) is 19.1. The lowest BCUT2D eigenvalue weighted by Crippen LogP contribution is -2.01. The summed E-state index contributed by atoms with van der Waals surface area (Å²) in [6.45, 7) is 0. The summed E-state index contributed by atoms with van der Waals surface area (Å²) in [4.78, 5) is 14.6. The minimum Gasteiger partial charge on any atom is -0.292 e. The first-order chi connectivity index (χ1) is 17.8. The summed E-state index contributed by atoms with van der Waals surface area (Å²) in [6.07, 6.45) is 3.61. The highest BCUT2D eigenvalue weighted by Crippen LogP contribution is 2.41. The number of rotatable bonds is 2. The molecule has 4 heterocycles. The molecule has 0 N–H and O–H groups in total. The van der Waals surface area contributed by atoms with E-state index >= 15 is 0 Å². The van der Waals surface area contributed by atoms with Crippen LogP contribution in [-0.4, -0.2) is 19.5 Å². The van der Waals surface area contributed by atoms with Crippen LogP contribution in [0, 0.1) is 0 Å². The van der Waals surface area contributed by atoms with E-state index in [2.05, 4.69) is 94.5 Å². The summed E-state index contributed by atoms with van der Waals surface area (Å²) in [7, 11) is 0. The lowest BCUT2D eigenvalue weighted by atomic mass is 10.1. The summed E-state index contributed by atoms with van der Waals surface area (Å²) < 4.78 is 4.60. The quantitative estimate of drug-likeness (QED) is 0.252. The minimum absolute atomic E-state index is 0.681. The molecule has 0 aliphatic heterocycles. The fraction of sp³-hybridized carbons (Fsp3) is 0. The molecular weight excluding hydrogens is 460 g/mol. The molecule has 0 saturated heterocycles. The topological polar surface area (TPSA) is 43.6 Å². The number of para-hydroxylation sites is 1. The third-order valence-corrected chi connectivity index (χ3v) is 8.03. The van der Waals surface area contributed by atoms with Crippen LogP contribution in [0.15, 0.2) is 109 Å². The Hall–Kier alpha value is -4.61. The van der Waals surface area contributed by atoms with E-state index in [0.717, 1.165) is 38.0 Å². The molecule has 0 saturated carbocycles. The molecular formula is C31H18N4S. The van der Waals surface area contributed by atoms with Crippen molar-refractivity contribution in [3.05, 3.63) is 109 Å². The van der Waals surface area contributed by atoms with E-state index in [1.165, 1.54) is 26.2 Å². The highest BCUT2D eigenvalue weighted by atomic mass is 32.1. The van der Waals surface area contributed by atoms with Crippen LogP contribution in [0.2, 0.25) is 0 Å². The molecule has 8 rings (SSSR count). The molecule has 0 aliphatic rings. The Bertz CT molecular complexity index is 2100. The predicted octanol–water partition coefficient (Wildman–Crippen LogP) is 8.16. The number of fused-ring (bicyclic) bond motifs is 7. The molecule has 0 bridgehead atoms. The maximum absolute atomic E-state index is 5.21. The number of benzene rings is 4. The Morgan fingerprint density at radius 1 is 0.639 bits per heavy atom. The Labute approximate surface area is 210 Å². The average molecular weight is 479 g/mol. The number of hydrogen-bond acceptors (Lipinski definition) is 4. The van der Waals surface area contributed by atoms with Gasteiger partial charge in [0.25, 0.3) is 0 Å². The molecule has 5 heteroatoms. The monoisotopic (exact) mass is 478 g/mol. The zero-order valence-corrected chi connectivity index (χ0v) is 19.9. The van der Waals surface area contributed by atoms with Crippen molar-refractivity contribution in [1.82, 2.24) is 19.5 Å². The first-order valence-corrected chi connectivity index (χ1v) is 12.7. The molecule has 4 nitrogen and oxygen atoms in total. The summed E-state index contributed by atoms with van der Waals surface area (Å²) in [5, 5.41) is 6.04. The van der Waals surface area contributed by atoms with Gasteiger partial charge >= 0.3 is 0 Å². The van der Waals surface area contributed by atoms with Gasteiger partial charge < -0.3 is 0 Å². The van der Waals surface area contributed by atoms with E-state index in [9.17, 15) is 0 Å². The normalized spacial score (nSPS) is 11.9. The summed E-state index contributed by atoms with van der Waals surface area (Å²) in [6, 6.07) is 34.1. The van der Waals surface area contributed by atoms with Crippen molar-refractivity contribution in [3.63, 3.8) is 0 Å². The molecule has 0 atom stereocenters. The Balaban J connectivity index is 1.58. The highest BCUT2D eigenvalue weighted by molar-refractivity contribution is 7.26. The molecule has 168 valence electrons. The van der Waals surface area contributed by atoms with Gasteiger partial charge in [-0.2, -0.15) is 0 Å². The molecule has 0 radical (unpaired) electrons. The third kappa shape index (κ3) is 2.78. The van der Waals surface area contributed by atoms with Gasteiger partial charge in [0.1, 0.15) is 0 Å². The molecule has 0 amide bonds. The van der Waals surface area contributed by atoms with Crippen LogP contribution in [0.5, 0.6) is 0 Å². The van der Waals surface area contributed by atoms with Gasteiger partial charge in [-0.1, -0.05) is 60.7 Å². The maximum atomic E-state index is 5.21. The number of nitrogens with zero attached hydrogens (tertiary/aromatic N) is 4. The zero-order chi connectivity index (χ0) is 23.6. The smallest absolute Gasteiger partial charge is 0.163 e.